The Morgan fingerprint density at radius 1 is 1.39 bits per heavy atom. The SMILES string of the molecule is COC[C@H](C)NC(=O)c1noc2c1CCc1cc(OC)ccc1-2. The van der Waals surface area contributed by atoms with Crippen LogP contribution in [0.5, 0.6) is 5.75 Å². The molecule has 2 aromatic rings. The van der Waals surface area contributed by atoms with E-state index in [1.807, 2.05) is 25.1 Å². The van der Waals surface area contributed by atoms with Gasteiger partial charge in [-0.2, -0.15) is 0 Å². The molecule has 0 saturated heterocycles. The molecule has 0 spiro atoms. The molecule has 122 valence electrons. The number of benzene rings is 1. The molecule has 1 aromatic heterocycles. The number of hydrogen-bond donors (Lipinski definition) is 1. The van der Waals surface area contributed by atoms with Crippen molar-refractivity contribution in [2.75, 3.05) is 20.8 Å². The summed E-state index contributed by atoms with van der Waals surface area (Å²) in [4.78, 5) is 12.4. The third-order valence-electron chi connectivity index (χ3n) is 4.00. The Kier molecular flexibility index (Phi) is 4.34. The molecule has 0 bridgehead atoms. The van der Waals surface area contributed by atoms with Crippen LogP contribution in [0.4, 0.5) is 0 Å². The molecule has 1 amide bonds. The number of nitrogens with one attached hydrogen (secondary N) is 1. The molecule has 6 heteroatoms. The van der Waals surface area contributed by atoms with E-state index < -0.39 is 0 Å². The van der Waals surface area contributed by atoms with Crippen molar-refractivity contribution < 1.29 is 18.8 Å². The minimum Gasteiger partial charge on any atom is -0.497 e. The van der Waals surface area contributed by atoms with Gasteiger partial charge in [-0.3, -0.25) is 4.79 Å². The molecule has 6 nitrogen and oxygen atoms in total. The van der Waals surface area contributed by atoms with E-state index in [-0.39, 0.29) is 11.9 Å². The Bertz CT molecular complexity index is 723. The smallest absolute Gasteiger partial charge is 0.274 e. The number of hydrogen-bond acceptors (Lipinski definition) is 5. The molecule has 1 heterocycles. The fraction of sp³-hybridized carbons (Fsp3) is 0.412. The summed E-state index contributed by atoms with van der Waals surface area (Å²) in [5.74, 6) is 1.27. The molecule has 3 rings (SSSR count). The van der Waals surface area contributed by atoms with Gasteiger partial charge in [0.05, 0.1) is 13.7 Å². The van der Waals surface area contributed by atoms with E-state index in [1.165, 1.54) is 0 Å². The maximum Gasteiger partial charge on any atom is 0.274 e. The molecule has 0 unspecified atom stereocenters. The van der Waals surface area contributed by atoms with Crippen LogP contribution >= 0.6 is 0 Å². The van der Waals surface area contributed by atoms with Gasteiger partial charge in [-0.05, 0) is 43.5 Å². The lowest BCUT2D eigenvalue weighted by atomic mass is 9.89. The van der Waals surface area contributed by atoms with Gasteiger partial charge < -0.3 is 19.3 Å². The van der Waals surface area contributed by atoms with Gasteiger partial charge in [0.25, 0.3) is 5.91 Å². The first-order valence-corrected chi connectivity index (χ1v) is 7.59. The monoisotopic (exact) mass is 316 g/mol. The summed E-state index contributed by atoms with van der Waals surface area (Å²) in [6.45, 7) is 2.34. The predicted molar refractivity (Wildman–Crippen MR) is 84.7 cm³/mol. The van der Waals surface area contributed by atoms with Crippen LogP contribution in [0.15, 0.2) is 22.7 Å². The van der Waals surface area contributed by atoms with E-state index in [0.717, 1.165) is 35.3 Å². The zero-order valence-electron chi connectivity index (χ0n) is 13.5. The van der Waals surface area contributed by atoms with Crippen LogP contribution in [0.25, 0.3) is 11.3 Å². The van der Waals surface area contributed by atoms with Crippen molar-refractivity contribution in [3.8, 4) is 17.1 Å². The number of methoxy groups -OCH3 is 2. The number of aryl methyl sites for hydroxylation is 1. The van der Waals surface area contributed by atoms with Gasteiger partial charge >= 0.3 is 0 Å². The summed E-state index contributed by atoms with van der Waals surface area (Å²) in [6.07, 6.45) is 1.55. The van der Waals surface area contributed by atoms with Gasteiger partial charge in [0.2, 0.25) is 0 Å². The number of carbonyl (C=O) groups excluding carboxylic acids is 1. The van der Waals surface area contributed by atoms with E-state index in [0.29, 0.717) is 18.1 Å². The Labute approximate surface area is 134 Å². The molecular weight excluding hydrogens is 296 g/mol. The van der Waals surface area contributed by atoms with Gasteiger partial charge in [-0.1, -0.05) is 5.16 Å². The number of nitrogens with zero attached hydrogens (tertiary/aromatic N) is 1. The second-order valence-electron chi connectivity index (χ2n) is 5.69. The average Bonchev–Trinajstić information content (AvgIpc) is 2.98. The minimum absolute atomic E-state index is 0.0833. The number of aromatic nitrogens is 1. The highest BCUT2D eigenvalue weighted by Gasteiger charge is 2.28. The second-order valence-corrected chi connectivity index (χ2v) is 5.69. The Morgan fingerprint density at radius 2 is 2.22 bits per heavy atom. The summed E-state index contributed by atoms with van der Waals surface area (Å²) in [7, 11) is 3.25. The molecule has 0 saturated carbocycles. The van der Waals surface area contributed by atoms with Crippen molar-refractivity contribution in [2.45, 2.75) is 25.8 Å². The van der Waals surface area contributed by atoms with Gasteiger partial charge in [0.15, 0.2) is 11.5 Å². The van der Waals surface area contributed by atoms with Crippen molar-refractivity contribution in [1.29, 1.82) is 0 Å². The largest absolute Gasteiger partial charge is 0.497 e. The number of carbonyl (C=O) groups is 1. The number of rotatable bonds is 5. The van der Waals surface area contributed by atoms with Crippen LogP contribution in [0.2, 0.25) is 0 Å². The fourth-order valence-corrected chi connectivity index (χ4v) is 2.90. The van der Waals surface area contributed by atoms with Crippen LogP contribution in [-0.2, 0) is 17.6 Å². The lowest BCUT2D eigenvalue weighted by molar-refractivity contribution is 0.0896. The quantitative estimate of drug-likeness (QED) is 0.915. The predicted octanol–water partition coefficient (Wildman–Crippen LogP) is 2.21. The third kappa shape index (κ3) is 2.94. The van der Waals surface area contributed by atoms with E-state index in [4.69, 9.17) is 14.0 Å². The number of fused-ring (bicyclic) bond motifs is 3. The Morgan fingerprint density at radius 3 is 2.96 bits per heavy atom. The molecule has 0 radical (unpaired) electrons. The average molecular weight is 316 g/mol. The van der Waals surface area contributed by atoms with Crippen LogP contribution in [-0.4, -0.2) is 37.9 Å². The highest BCUT2D eigenvalue weighted by Crippen LogP contribution is 2.36. The topological polar surface area (TPSA) is 73.6 Å². The number of ether oxygens (including phenoxy) is 2. The normalized spacial score (nSPS) is 13.9. The zero-order chi connectivity index (χ0) is 16.4. The van der Waals surface area contributed by atoms with Crippen molar-refractivity contribution in [3.63, 3.8) is 0 Å². The van der Waals surface area contributed by atoms with Crippen molar-refractivity contribution in [3.05, 3.63) is 35.0 Å². The van der Waals surface area contributed by atoms with Crippen molar-refractivity contribution >= 4 is 5.91 Å². The number of amides is 1. The van der Waals surface area contributed by atoms with E-state index in [1.54, 1.807) is 14.2 Å². The van der Waals surface area contributed by atoms with Crippen LogP contribution in [0.1, 0.15) is 28.5 Å². The summed E-state index contributed by atoms with van der Waals surface area (Å²) < 4.78 is 15.8. The van der Waals surface area contributed by atoms with E-state index in [2.05, 4.69) is 10.5 Å². The van der Waals surface area contributed by atoms with Crippen molar-refractivity contribution in [2.24, 2.45) is 0 Å². The van der Waals surface area contributed by atoms with Gasteiger partial charge in [-0.15, -0.1) is 0 Å². The molecule has 1 atom stereocenters. The molecule has 0 fully saturated rings. The Balaban J connectivity index is 1.88. The maximum atomic E-state index is 12.4. The van der Waals surface area contributed by atoms with Crippen LogP contribution in [0, 0.1) is 0 Å². The Hall–Kier alpha value is -2.34. The van der Waals surface area contributed by atoms with Crippen LogP contribution in [0.3, 0.4) is 0 Å². The van der Waals surface area contributed by atoms with Gasteiger partial charge in [0, 0.05) is 24.3 Å². The molecule has 1 aliphatic rings. The summed E-state index contributed by atoms with van der Waals surface area (Å²) in [5.41, 5.74) is 3.35. The van der Waals surface area contributed by atoms with E-state index >= 15 is 0 Å². The highest BCUT2D eigenvalue weighted by molar-refractivity contribution is 5.95. The third-order valence-corrected chi connectivity index (χ3v) is 4.00. The fourth-order valence-electron chi connectivity index (χ4n) is 2.90. The molecule has 1 aliphatic carbocycles. The maximum absolute atomic E-state index is 12.4. The summed E-state index contributed by atoms with van der Waals surface area (Å²) >= 11 is 0. The van der Waals surface area contributed by atoms with Gasteiger partial charge in [-0.25, -0.2) is 0 Å². The first-order valence-electron chi connectivity index (χ1n) is 7.59. The molecule has 23 heavy (non-hydrogen) atoms. The standard InChI is InChI=1S/C17H20N2O4/c1-10(9-21-2)18-17(20)15-14-6-4-11-8-12(22-3)5-7-13(11)16(14)23-19-15/h5,7-8,10H,4,6,9H2,1-3H3,(H,18,20)/t10-/m0/s1. The summed E-state index contributed by atoms with van der Waals surface area (Å²) in [5, 5.41) is 6.86. The molecule has 0 aliphatic heterocycles. The first-order chi connectivity index (χ1) is 11.1. The first kappa shape index (κ1) is 15.6. The van der Waals surface area contributed by atoms with Crippen molar-refractivity contribution in [1.82, 2.24) is 10.5 Å². The highest BCUT2D eigenvalue weighted by atomic mass is 16.5. The molecule has 1 aromatic carbocycles. The molecular formula is C17H20N2O4. The van der Waals surface area contributed by atoms with Crippen LogP contribution < -0.4 is 10.1 Å². The second kappa shape index (κ2) is 6.42. The lowest BCUT2D eigenvalue weighted by Gasteiger charge is -2.16. The minimum atomic E-state index is -0.225. The molecule has 1 N–H and O–H groups in total. The zero-order valence-corrected chi connectivity index (χ0v) is 13.5. The van der Waals surface area contributed by atoms with E-state index in [9.17, 15) is 4.79 Å². The lowest BCUT2D eigenvalue weighted by Crippen LogP contribution is -2.36. The summed E-state index contributed by atoms with van der Waals surface area (Å²) in [6, 6.07) is 5.75. The van der Waals surface area contributed by atoms with Gasteiger partial charge in [0.1, 0.15) is 5.75 Å².